The molecular weight excluding hydrogens is 162 g/mol. The van der Waals surface area contributed by atoms with E-state index >= 15 is 0 Å². The Hall–Kier alpha value is -1.02. The molecule has 0 saturated heterocycles. The summed E-state index contributed by atoms with van der Waals surface area (Å²) < 4.78 is 0. The summed E-state index contributed by atoms with van der Waals surface area (Å²) in [6, 6.07) is 4.05. The summed E-state index contributed by atoms with van der Waals surface area (Å²) in [5.74, 6) is 0.439. The van der Waals surface area contributed by atoms with Crippen molar-refractivity contribution >= 4 is 0 Å². The second-order valence-corrected chi connectivity index (χ2v) is 3.37. The Morgan fingerprint density at radius 1 is 1.31 bits per heavy atom. The van der Waals surface area contributed by atoms with Gasteiger partial charge in [-0.2, -0.15) is 0 Å². The number of hydrogen-bond donors (Lipinski definition) is 2. The highest BCUT2D eigenvalue weighted by Gasteiger charge is 2.04. The number of aromatic hydroxyl groups is 1. The molecule has 0 amide bonds. The Morgan fingerprint density at radius 2 is 2.00 bits per heavy atom. The molecule has 2 heteroatoms. The standard InChI is InChI=1S/C11H17NO/c1-8-4-5-10(6-7-12-3)9(2)11(8)13/h4-5,12-13H,6-7H2,1-3H3. The highest BCUT2D eigenvalue weighted by molar-refractivity contribution is 5.44. The van der Waals surface area contributed by atoms with Crippen LogP contribution in [0.2, 0.25) is 0 Å². The molecule has 0 fully saturated rings. The number of nitrogens with one attached hydrogen (secondary N) is 1. The van der Waals surface area contributed by atoms with Crippen LogP contribution in [-0.2, 0) is 6.42 Å². The van der Waals surface area contributed by atoms with Gasteiger partial charge >= 0.3 is 0 Å². The second kappa shape index (κ2) is 4.28. The van der Waals surface area contributed by atoms with Crippen LogP contribution in [0.1, 0.15) is 16.7 Å². The zero-order chi connectivity index (χ0) is 9.84. The molecule has 0 bridgehead atoms. The van der Waals surface area contributed by atoms with Gasteiger partial charge in [0.1, 0.15) is 5.75 Å². The molecule has 0 aliphatic carbocycles. The highest BCUT2D eigenvalue weighted by atomic mass is 16.3. The Bertz CT molecular complexity index is 294. The van der Waals surface area contributed by atoms with Crippen LogP contribution in [0.3, 0.4) is 0 Å². The van der Waals surface area contributed by atoms with Crippen LogP contribution in [-0.4, -0.2) is 18.7 Å². The summed E-state index contributed by atoms with van der Waals surface area (Å²) in [6.07, 6.45) is 0.968. The monoisotopic (exact) mass is 179 g/mol. The van der Waals surface area contributed by atoms with Crippen LogP contribution in [0.4, 0.5) is 0 Å². The maximum atomic E-state index is 9.67. The van der Waals surface area contributed by atoms with Crippen LogP contribution in [0.25, 0.3) is 0 Å². The Morgan fingerprint density at radius 3 is 2.62 bits per heavy atom. The SMILES string of the molecule is CNCCc1ccc(C)c(O)c1C. The summed E-state index contributed by atoms with van der Waals surface area (Å²) >= 11 is 0. The number of aryl methyl sites for hydroxylation is 1. The van der Waals surface area contributed by atoms with Gasteiger partial charge in [0.15, 0.2) is 0 Å². The van der Waals surface area contributed by atoms with Crippen molar-refractivity contribution in [3.05, 3.63) is 28.8 Å². The molecule has 0 radical (unpaired) electrons. The molecule has 0 atom stereocenters. The van der Waals surface area contributed by atoms with E-state index in [1.165, 1.54) is 5.56 Å². The van der Waals surface area contributed by atoms with Crippen molar-refractivity contribution in [2.24, 2.45) is 0 Å². The van der Waals surface area contributed by atoms with Gasteiger partial charge in [-0.05, 0) is 50.6 Å². The Balaban J connectivity index is 2.90. The van der Waals surface area contributed by atoms with E-state index in [1.807, 2.05) is 27.0 Å². The molecular formula is C11H17NO. The molecule has 1 rings (SSSR count). The number of likely N-dealkylation sites (N-methyl/N-ethyl adjacent to an activating group) is 1. The van der Waals surface area contributed by atoms with Gasteiger partial charge in [0.05, 0.1) is 0 Å². The zero-order valence-corrected chi connectivity index (χ0v) is 8.52. The fourth-order valence-electron chi connectivity index (χ4n) is 1.41. The van der Waals surface area contributed by atoms with Gasteiger partial charge in [-0.3, -0.25) is 0 Å². The molecule has 13 heavy (non-hydrogen) atoms. The van der Waals surface area contributed by atoms with Gasteiger partial charge in [-0.1, -0.05) is 12.1 Å². The van der Waals surface area contributed by atoms with Gasteiger partial charge in [0.2, 0.25) is 0 Å². The predicted molar refractivity (Wildman–Crippen MR) is 55.2 cm³/mol. The fourth-order valence-corrected chi connectivity index (χ4v) is 1.41. The second-order valence-electron chi connectivity index (χ2n) is 3.37. The fraction of sp³-hybridized carbons (Fsp3) is 0.455. The topological polar surface area (TPSA) is 32.3 Å². The average molecular weight is 179 g/mol. The lowest BCUT2D eigenvalue weighted by atomic mass is 10.0. The summed E-state index contributed by atoms with van der Waals surface area (Å²) in [6.45, 7) is 4.83. The summed E-state index contributed by atoms with van der Waals surface area (Å²) in [5, 5.41) is 12.8. The van der Waals surface area contributed by atoms with Gasteiger partial charge in [0.25, 0.3) is 0 Å². The molecule has 0 aromatic heterocycles. The maximum absolute atomic E-state index is 9.67. The first-order chi connectivity index (χ1) is 6.16. The summed E-state index contributed by atoms with van der Waals surface area (Å²) in [7, 11) is 1.93. The van der Waals surface area contributed by atoms with Crippen molar-refractivity contribution in [1.82, 2.24) is 5.32 Å². The lowest BCUT2D eigenvalue weighted by Gasteiger charge is -2.09. The predicted octanol–water partition coefficient (Wildman–Crippen LogP) is 1.77. The minimum Gasteiger partial charge on any atom is -0.507 e. The minimum absolute atomic E-state index is 0.439. The average Bonchev–Trinajstić information content (AvgIpc) is 2.13. The Kier molecular flexibility index (Phi) is 3.32. The van der Waals surface area contributed by atoms with E-state index in [4.69, 9.17) is 0 Å². The van der Waals surface area contributed by atoms with Gasteiger partial charge in [-0.15, -0.1) is 0 Å². The van der Waals surface area contributed by atoms with E-state index < -0.39 is 0 Å². The Labute approximate surface area is 79.6 Å². The summed E-state index contributed by atoms with van der Waals surface area (Å²) in [5.41, 5.74) is 3.18. The minimum atomic E-state index is 0.439. The third kappa shape index (κ3) is 2.22. The quantitative estimate of drug-likeness (QED) is 0.741. The first kappa shape index (κ1) is 10.1. The molecule has 1 aromatic carbocycles. The molecule has 0 saturated carbocycles. The van der Waals surface area contributed by atoms with Crippen LogP contribution in [0, 0.1) is 13.8 Å². The molecule has 0 spiro atoms. The van der Waals surface area contributed by atoms with E-state index in [1.54, 1.807) is 0 Å². The van der Waals surface area contributed by atoms with Crippen molar-refractivity contribution in [1.29, 1.82) is 0 Å². The van der Waals surface area contributed by atoms with Crippen molar-refractivity contribution in [3.63, 3.8) is 0 Å². The molecule has 0 aliphatic heterocycles. The lowest BCUT2D eigenvalue weighted by Crippen LogP contribution is -2.11. The van der Waals surface area contributed by atoms with E-state index in [0.717, 1.165) is 24.1 Å². The molecule has 0 unspecified atom stereocenters. The van der Waals surface area contributed by atoms with E-state index in [0.29, 0.717) is 5.75 Å². The summed E-state index contributed by atoms with van der Waals surface area (Å²) in [4.78, 5) is 0. The van der Waals surface area contributed by atoms with E-state index in [9.17, 15) is 5.11 Å². The lowest BCUT2D eigenvalue weighted by molar-refractivity contribution is 0.465. The van der Waals surface area contributed by atoms with Crippen molar-refractivity contribution in [2.45, 2.75) is 20.3 Å². The molecule has 0 aliphatic rings. The number of hydrogen-bond acceptors (Lipinski definition) is 2. The third-order valence-electron chi connectivity index (χ3n) is 2.39. The number of phenols is 1. The number of phenolic OH excluding ortho intramolecular Hbond substituents is 1. The first-order valence-electron chi connectivity index (χ1n) is 4.59. The van der Waals surface area contributed by atoms with Gasteiger partial charge in [0, 0.05) is 0 Å². The first-order valence-corrected chi connectivity index (χ1v) is 4.59. The molecule has 2 nitrogen and oxygen atoms in total. The van der Waals surface area contributed by atoms with Crippen LogP contribution < -0.4 is 5.32 Å². The zero-order valence-electron chi connectivity index (χ0n) is 8.52. The number of benzene rings is 1. The van der Waals surface area contributed by atoms with Crippen molar-refractivity contribution in [2.75, 3.05) is 13.6 Å². The van der Waals surface area contributed by atoms with Gasteiger partial charge < -0.3 is 10.4 Å². The van der Waals surface area contributed by atoms with Crippen LogP contribution >= 0.6 is 0 Å². The van der Waals surface area contributed by atoms with Crippen molar-refractivity contribution < 1.29 is 5.11 Å². The highest BCUT2D eigenvalue weighted by Crippen LogP contribution is 2.24. The smallest absolute Gasteiger partial charge is 0.121 e. The molecule has 1 aromatic rings. The number of rotatable bonds is 3. The van der Waals surface area contributed by atoms with E-state index in [2.05, 4.69) is 11.4 Å². The molecule has 2 N–H and O–H groups in total. The van der Waals surface area contributed by atoms with Gasteiger partial charge in [-0.25, -0.2) is 0 Å². The third-order valence-corrected chi connectivity index (χ3v) is 2.39. The molecule has 0 heterocycles. The van der Waals surface area contributed by atoms with Crippen LogP contribution in [0.5, 0.6) is 5.75 Å². The molecule has 72 valence electrons. The maximum Gasteiger partial charge on any atom is 0.121 e. The largest absolute Gasteiger partial charge is 0.507 e. The normalized spacial score (nSPS) is 10.4. The van der Waals surface area contributed by atoms with Crippen molar-refractivity contribution in [3.8, 4) is 5.75 Å². The van der Waals surface area contributed by atoms with E-state index in [-0.39, 0.29) is 0 Å². The van der Waals surface area contributed by atoms with Crippen LogP contribution in [0.15, 0.2) is 12.1 Å².